The van der Waals surface area contributed by atoms with Crippen molar-refractivity contribution in [2.45, 2.75) is 0 Å². The van der Waals surface area contributed by atoms with E-state index in [4.69, 9.17) is 16.3 Å². The summed E-state index contributed by atoms with van der Waals surface area (Å²) >= 11 is 9.29. The number of pyridine rings is 1. The maximum atomic E-state index is 5.87. The summed E-state index contributed by atoms with van der Waals surface area (Å²) in [6.07, 6.45) is 0. The normalized spacial score (nSPS) is 10.2. The van der Waals surface area contributed by atoms with Crippen molar-refractivity contribution in [2.24, 2.45) is 0 Å². The number of halogens is 2. The van der Waals surface area contributed by atoms with Crippen LogP contribution < -0.4 is 4.74 Å². The van der Waals surface area contributed by atoms with E-state index in [0.29, 0.717) is 5.15 Å². The van der Waals surface area contributed by atoms with Gasteiger partial charge in [-0.3, -0.25) is 0 Å². The minimum Gasteiger partial charge on any atom is -0.496 e. The van der Waals surface area contributed by atoms with E-state index in [0.717, 1.165) is 21.5 Å². The Morgan fingerprint density at radius 1 is 1.25 bits per heavy atom. The van der Waals surface area contributed by atoms with Crippen molar-refractivity contribution < 1.29 is 4.74 Å². The summed E-state index contributed by atoms with van der Waals surface area (Å²) in [5.41, 5.74) is 1.71. The SMILES string of the molecule is COc1ccc(Br)cc1-c1cccc(Cl)n1. The summed E-state index contributed by atoms with van der Waals surface area (Å²) in [5.74, 6) is 0.776. The van der Waals surface area contributed by atoms with Gasteiger partial charge in [0.2, 0.25) is 0 Å². The van der Waals surface area contributed by atoms with Gasteiger partial charge in [0.1, 0.15) is 10.9 Å². The van der Waals surface area contributed by atoms with Gasteiger partial charge < -0.3 is 4.74 Å². The van der Waals surface area contributed by atoms with Crippen LogP contribution in [0.2, 0.25) is 5.15 Å². The third-order valence-electron chi connectivity index (χ3n) is 2.15. The molecule has 1 aromatic carbocycles. The lowest BCUT2D eigenvalue weighted by Crippen LogP contribution is -1.90. The van der Waals surface area contributed by atoms with Crippen molar-refractivity contribution in [3.05, 3.63) is 46.0 Å². The highest BCUT2D eigenvalue weighted by Gasteiger charge is 2.07. The molecule has 2 nitrogen and oxygen atoms in total. The molecular formula is C12H9BrClNO. The molecule has 1 aromatic heterocycles. The minimum absolute atomic E-state index is 0.472. The molecule has 0 radical (unpaired) electrons. The van der Waals surface area contributed by atoms with Crippen molar-refractivity contribution in [2.75, 3.05) is 7.11 Å². The second-order valence-electron chi connectivity index (χ2n) is 3.19. The number of benzene rings is 1. The van der Waals surface area contributed by atoms with Crippen LogP contribution in [-0.2, 0) is 0 Å². The highest BCUT2D eigenvalue weighted by Crippen LogP contribution is 2.31. The van der Waals surface area contributed by atoms with Crippen molar-refractivity contribution in [1.29, 1.82) is 0 Å². The Morgan fingerprint density at radius 3 is 2.75 bits per heavy atom. The monoisotopic (exact) mass is 297 g/mol. The number of methoxy groups -OCH3 is 1. The van der Waals surface area contributed by atoms with Crippen LogP contribution in [-0.4, -0.2) is 12.1 Å². The molecule has 0 atom stereocenters. The fraction of sp³-hybridized carbons (Fsp3) is 0.0833. The first-order valence-corrected chi connectivity index (χ1v) is 5.84. The van der Waals surface area contributed by atoms with Gasteiger partial charge in [-0.2, -0.15) is 0 Å². The molecule has 0 aliphatic carbocycles. The Morgan fingerprint density at radius 2 is 2.06 bits per heavy atom. The van der Waals surface area contributed by atoms with Crippen molar-refractivity contribution in [3.8, 4) is 17.0 Å². The van der Waals surface area contributed by atoms with Gasteiger partial charge >= 0.3 is 0 Å². The molecule has 2 aromatic rings. The van der Waals surface area contributed by atoms with Crippen LogP contribution in [0.5, 0.6) is 5.75 Å². The summed E-state index contributed by atoms with van der Waals surface area (Å²) in [7, 11) is 1.64. The van der Waals surface area contributed by atoms with Crippen LogP contribution in [0.1, 0.15) is 0 Å². The van der Waals surface area contributed by atoms with E-state index in [1.54, 1.807) is 13.2 Å². The lowest BCUT2D eigenvalue weighted by atomic mass is 10.1. The Hall–Kier alpha value is -1.06. The van der Waals surface area contributed by atoms with Crippen LogP contribution in [0.15, 0.2) is 40.9 Å². The summed E-state index contributed by atoms with van der Waals surface area (Å²) in [5, 5.41) is 0.472. The molecule has 16 heavy (non-hydrogen) atoms. The number of rotatable bonds is 2. The smallest absolute Gasteiger partial charge is 0.129 e. The summed E-state index contributed by atoms with van der Waals surface area (Å²) in [4.78, 5) is 4.26. The van der Waals surface area contributed by atoms with Gasteiger partial charge in [0.15, 0.2) is 0 Å². The lowest BCUT2D eigenvalue weighted by molar-refractivity contribution is 0.416. The summed E-state index contributed by atoms with van der Waals surface area (Å²) < 4.78 is 6.27. The number of nitrogens with zero attached hydrogens (tertiary/aromatic N) is 1. The zero-order valence-corrected chi connectivity index (χ0v) is 10.9. The van der Waals surface area contributed by atoms with Gasteiger partial charge in [-0.1, -0.05) is 33.6 Å². The average molecular weight is 299 g/mol. The second-order valence-corrected chi connectivity index (χ2v) is 4.49. The number of hydrogen-bond donors (Lipinski definition) is 0. The molecule has 0 spiro atoms. The Balaban J connectivity index is 2.58. The van der Waals surface area contributed by atoms with Gasteiger partial charge in [-0.25, -0.2) is 4.98 Å². The molecule has 0 aliphatic rings. The molecule has 0 fully saturated rings. The van der Waals surface area contributed by atoms with Gasteiger partial charge in [-0.15, -0.1) is 0 Å². The van der Waals surface area contributed by atoms with Gasteiger partial charge in [0, 0.05) is 10.0 Å². The number of hydrogen-bond acceptors (Lipinski definition) is 2. The first-order chi connectivity index (χ1) is 7.70. The first kappa shape index (κ1) is 11.4. The highest BCUT2D eigenvalue weighted by molar-refractivity contribution is 9.10. The van der Waals surface area contributed by atoms with E-state index < -0.39 is 0 Å². The van der Waals surface area contributed by atoms with Crippen molar-refractivity contribution >= 4 is 27.5 Å². The second kappa shape index (κ2) is 4.85. The molecule has 0 unspecified atom stereocenters. The van der Waals surface area contributed by atoms with E-state index in [-0.39, 0.29) is 0 Å². The summed E-state index contributed by atoms with van der Waals surface area (Å²) in [6.45, 7) is 0. The first-order valence-electron chi connectivity index (χ1n) is 4.67. The molecule has 0 N–H and O–H groups in total. The number of aromatic nitrogens is 1. The molecule has 0 saturated carbocycles. The van der Waals surface area contributed by atoms with Crippen LogP contribution in [0.25, 0.3) is 11.3 Å². The fourth-order valence-electron chi connectivity index (χ4n) is 1.44. The molecule has 4 heteroatoms. The molecule has 0 aliphatic heterocycles. The predicted molar refractivity (Wildman–Crippen MR) is 68.9 cm³/mol. The molecule has 2 rings (SSSR count). The standard InChI is InChI=1S/C12H9BrClNO/c1-16-11-6-5-8(13)7-9(11)10-3-2-4-12(14)15-10/h2-7H,1H3. The highest BCUT2D eigenvalue weighted by atomic mass is 79.9. The maximum Gasteiger partial charge on any atom is 0.129 e. The Labute approximate surface area is 107 Å². The van der Waals surface area contributed by atoms with Gasteiger partial charge in [-0.05, 0) is 30.3 Å². The summed E-state index contributed by atoms with van der Waals surface area (Å²) in [6, 6.07) is 11.3. The Kier molecular flexibility index (Phi) is 3.46. The quantitative estimate of drug-likeness (QED) is 0.776. The fourth-order valence-corrected chi connectivity index (χ4v) is 1.96. The molecule has 82 valence electrons. The average Bonchev–Trinajstić information content (AvgIpc) is 2.29. The van der Waals surface area contributed by atoms with E-state index in [2.05, 4.69) is 20.9 Å². The molecule has 1 heterocycles. The maximum absolute atomic E-state index is 5.87. The largest absolute Gasteiger partial charge is 0.496 e. The van der Waals surface area contributed by atoms with E-state index in [1.165, 1.54) is 0 Å². The van der Waals surface area contributed by atoms with Gasteiger partial charge in [0.05, 0.1) is 12.8 Å². The molecule has 0 bridgehead atoms. The third-order valence-corrected chi connectivity index (χ3v) is 2.86. The van der Waals surface area contributed by atoms with Crippen LogP contribution in [0, 0.1) is 0 Å². The Bertz CT molecular complexity index is 516. The number of ether oxygens (including phenoxy) is 1. The minimum atomic E-state index is 0.472. The van der Waals surface area contributed by atoms with Crippen LogP contribution >= 0.6 is 27.5 Å². The van der Waals surface area contributed by atoms with Gasteiger partial charge in [0.25, 0.3) is 0 Å². The molecule has 0 saturated heterocycles. The van der Waals surface area contributed by atoms with E-state index in [9.17, 15) is 0 Å². The molecule has 0 amide bonds. The topological polar surface area (TPSA) is 22.1 Å². The zero-order chi connectivity index (χ0) is 11.5. The van der Waals surface area contributed by atoms with Crippen LogP contribution in [0.4, 0.5) is 0 Å². The zero-order valence-electron chi connectivity index (χ0n) is 8.58. The van der Waals surface area contributed by atoms with Crippen molar-refractivity contribution in [3.63, 3.8) is 0 Å². The molecular weight excluding hydrogens is 289 g/mol. The van der Waals surface area contributed by atoms with E-state index in [1.807, 2.05) is 30.3 Å². The third kappa shape index (κ3) is 2.36. The predicted octanol–water partition coefficient (Wildman–Crippen LogP) is 4.17. The van der Waals surface area contributed by atoms with Crippen molar-refractivity contribution in [1.82, 2.24) is 4.98 Å². The van der Waals surface area contributed by atoms with E-state index >= 15 is 0 Å². The van der Waals surface area contributed by atoms with Crippen LogP contribution in [0.3, 0.4) is 0 Å². The lowest BCUT2D eigenvalue weighted by Gasteiger charge is -2.08.